The number of benzene rings is 10. The molecular weight excluding hydrogens is 713 g/mol. The minimum atomic E-state index is 1.15. The lowest BCUT2D eigenvalue weighted by atomic mass is 9.84. The Balaban J connectivity index is 1.02. The summed E-state index contributed by atoms with van der Waals surface area (Å²) in [5.41, 5.74) is 13.2. The molecule has 0 atom stereocenters. The molecule has 0 fully saturated rings. The van der Waals surface area contributed by atoms with Crippen molar-refractivity contribution in [2.24, 2.45) is 0 Å². The van der Waals surface area contributed by atoms with Crippen molar-refractivity contribution in [1.29, 1.82) is 0 Å². The molecule has 12 rings (SSSR count). The van der Waals surface area contributed by atoms with Gasteiger partial charge in [-0.1, -0.05) is 158 Å². The first-order valence-corrected chi connectivity index (χ1v) is 20.3. The smallest absolute Gasteiger partial charge is 0.0571 e. The molecular formula is C57H36N2. The minimum absolute atomic E-state index is 1.15. The van der Waals surface area contributed by atoms with Crippen LogP contribution in [0, 0.1) is 0 Å². The van der Waals surface area contributed by atoms with E-state index in [4.69, 9.17) is 0 Å². The highest BCUT2D eigenvalue weighted by atomic mass is 15.0. The molecule has 12 aromatic rings. The van der Waals surface area contributed by atoms with E-state index in [-0.39, 0.29) is 0 Å². The number of pyridine rings is 1. The largest absolute Gasteiger partial charge is 0.309 e. The van der Waals surface area contributed by atoms with Gasteiger partial charge in [0.1, 0.15) is 0 Å². The molecule has 0 aliphatic carbocycles. The van der Waals surface area contributed by atoms with Gasteiger partial charge in [-0.3, -0.25) is 4.98 Å². The van der Waals surface area contributed by atoms with Gasteiger partial charge < -0.3 is 4.57 Å². The van der Waals surface area contributed by atoms with Crippen molar-refractivity contribution in [3.05, 3.63) is 219 Å². The highest BCUT2D eigenvalue weighted by molar-refractivity contribution is 6.22. The zero-order chi connectivity index (χ0) is 38.9. The van der Waals surface area contributed by atoms with Crippen LogP contribution in [0.1, 0.15) is 0 Å². The molecule has 0 aliphatic rings. The van der Waals surface area contributed by atoms with Crippen molar-refractivity contribution in [2.75, 3.05) is 0 Å². The summed E-state index contributed by atoms with van der Waals surface area (Å²) in [7, 11) is 0. The molecule has 2 heteroatoms. The van der Waals surface area contributed by atoms with E-state index in [2.05, 4.69) is 216 Å². The van der Waals surface area contributed by atoms with E-state index < -0.39 is 0 Å². The summed E-state index contributed by atoms with van der Waals surface area (Å²) >= 11 is 0. The van der Waals surface area contributed by atoms with Crippen LogP contribution in [0.15, 0.2) is 219 Å². The Morgan fingerprint density at radius 3 is 1.41 bits per heavy atom. The first-order valence-electron chi connectivity index (χ1n) is 20.3. The van der Waals surface area contributed by atoms with Crippen LogP contribution in [-0.4, -0.2) is 9.55 Å². The first-order chi connectivity index (χ1) is 29.2. The molecule has 0 amide bonds. The van der Waals surface area contributed by atoms with Crippen LogP contribution in [0.2, 0.25) is 0 Å². The van der Waals surface area contributed by atoms with Gasteiger partial charge in [-0.05, 0) is 136 Å². The van der Waals surface area contributed by atoms with Crippen LogP contribution >= 0.6 is 0 Å². The van der Waals surface area contributed by atoms with Crippen LogP contribution in [0.25, 0.3) is 115 Å². The average molecular weight is 749 g/mol. The average Bonchev–Trinajstić information content (AvgIpc) is 3.64. The molecule has 0 spiro atoms. The summed E-state index contributed by atoms with van der Waals surface area (Å²) in [6.07, 6.45) is 3.87. The Hall–Kier alpha value is -7.81. The summed E-state index contributed by atoms with van der Waals surface area (Å²) in [5.74, 6) is 0. The number of para-hydroxylation sites is 1. The van der Waals surface area contributed by atoms with Gasteiger partial charge in [0, 0.05) is 28.9 Å². The normalized spacial score (nSPS) is 11.7. The lowest BCUT2D eigenvalue weighted by molar-refractivity contribution is 1.17. The van der Waals surface area contributed by atoms with E-state index >= 15 is 0 Å². The molecule has 2 aromatic heterocycles. The second-order valence-corrected chi connectivity index (χ2v) is 15.6. The van der Waals surface area contributed by atoms with Crippen LogP contribution in [0.5, 0.6) is 0 Å². The molecule has 2 nitrogen and oxygen atoms in total. The number of fused-ring (bicyclic) bond motifs is 7. The van der Waals surface area contributed by atoms with Crippen molar-refractivity contribution in [3.63, 3.8) is 0 Å². The van der Waals surface area contributed by atoms with Crippen LogP contribution < -0.4 is 0 Å². The molecule has 0 bridgehead atoms. The number of rotatable bonds is 5. The van der Waals surface area contributed by atoms with Gasteiger partial charge >= 0.3 is 0 Å². The second kappa shape index (κ2) is 13.4. The predicted octanol–water partition coefficient (Wildman–Crippen LogP) is 15.5. The minimum Gasteiger partial charge on any atom is -0.309 e. The van der Waals surface area contributed by atoms with Gasteiger partial charge in [-0.25, -0.2) is 0 Å². The SMILES string of the molecule is c1ccc(-n2c3ccncc3c3cc(-c4ccc(-c5ccc6c(-c7ccc8ccccc8c7)c7ccccc7c(-c7ccc8ccccc8c7)c6c5)cc4)ccc32)cc1. The quantitative estimate of drug-likeness (QED) is 0.160. The Bertz CT molecular complexity index is 3600. The third kappa shape index (κ3) is 5.45. The predicted molar refractivity (Wildman–Crippen MR) is 250 cm³/mol. The first kappa shape index (κ1) is 33.3. The van der Waals surface area contributed by atoms with E-state index in [0.717, 1.165) is 16.6 Å². The molecule has 274 valence electrons. The summed E-state index contributed by atoms with van der Waals surface area (Å²) in [6, 6.07) is 75.7. The second-order valence-electron chi connectivity index (χ2n) is 15.6. The van der Waals surface area contributed by atoms with Gasteiger partial charge in [0.25, 0.3) is 0 Å². The molecule has 2 heterocycles. The fraction of sp³-hybridized carbons (Fsp3) is 0. The topological polar surface area (TPSA) is 17.8 Å². The van der Waals surface area contributed by atoms with Crippen molar-refractivity contribution in [1.82, 2.24) is 9.55 Å². The van der Waals surface area contributed by atoms with E-state index in [1.54, 1.807) is 0 Å². The number of aromatic nitrogens is 2. The van der Waals surface area contributed by atoms with Crippen LogP contribution in [0.4, 0.5) is 0 Å². The Labute approximate surface area is 341 Å². The molecule has 0 saturated carbocycles. The fourth-order valence-electron chi connectivity index (χ4n) is 9.43. The zero-order valence-corrected chi connectivity index (χ0v) is 32.2. The monoisotopic (exact) mass is 748 g/mol. The van der Waals surface area contributed by atoms with E-state index in [9.17, 15) is 0 Å². The lowest BCUT2D eigenvalue weighted by Crippen LogP contribution is -1.93. The van der Waals surface area contributed by atoms with E-state index in [1.165, 1.54) is 98.5 Å². The van der Waals surface area contributed by atoms with Crippen molar-refractivity contribution >= 4 is 64.9 Å². The molecule has 0 radical (unpaired) electrons. The maximum Gasteiger partial charge on any atom is 0.0571 e. The maximum atomic E-state index is 4.52. The third-order valence-corrected chi connectivity index (χ3v) is 12.2. The van der Waals surface area contributed by atoms with E-state index in [0.29, 0.717) is 0 Å². The number of nitrogens with zero attached hydrogens (tertiary/aromatic N) is 2. The van der Waals surface area contributed by atoms with Crippen molar-refractivity contribution < 1.29 is 0 Å². The summed E-state index contributed by atoms with van der Waals surface area (Å²) in [5, 5.41) is 12.3. The fourth-order valence-corrected chi connectivity index (χ4v) is 9.43. The highest BCUT2D eigenvalue weighted by Gasteiger charge is 2.19. The maximum absolute atomic E-state index is 4.52. The standard InChI is InChI=1S/C57H36N2/c1-2-14-47(15-3-1)59-54-29-27-44(34-51(54)53-36-58-31-30-55(53)59)40-20-18-39(19-21-40)43-26-28-50-52(35-43)57(46-25-23-38-11-5-7-13-42(38)33-46)49-17-9-8-16-48(49)56(50)45-24-22-37-10-4-6-12-41(37)32-45/h1-36H. The third-order valence-electron chi connectivity index (χ3n) is 12.2. The number of hydrogen-bond acceptors (Lipinski definition) is 1. The van der Waals surface area contributed by atoms with Gasteiger partial charge in [0.2, 0.25) is 0 Å². The summed E-state index contributed by atoms with van der Waals surface area (Å²) in [4.78, 5) is 4.52. The molecule has 0 aliphatic heterocycles. The van der Waals surface area contributed by atoms with Gasteiger partial charge in [0.15, 0.2) is 0 Å². The van der Waals surface area contributed by atoms with Crippen LogP contribution in [0.3, 0.4) is 0 Å². The molecule has 59 heavy (non-hydrogen) atoms. The Morgan fingerprint density at radius 2 is 0.763 bits per heavy atom. The zero-order valence-electron chi connectivity index (χ0n) is 32.2. The molecule has 10 aromatic carbocycles. The summed E-state index contributed by atoms with van der Waals surface area (Å²) < 4.78 is 2.33. The number of hydrogen-bond donors (Lipinski definition) is 0. The molecule has 0 N–H and O–H groups in total. The van der Waals surface area contributed by atoms with Gasteiger partial charge in [-0.2, -0.15) is 0 Å². The summed E-state index contributed by atoms with van der Waals surface area (Å²) in [6.45, 7) is 0. The van der Waals surface area contributed by atoms with Gasteiger partial charge in [-0.15, -0.1) is 0 Å². The van der Waals surface area contributed by atoms with Crippen molar-refractivity contribution in [2.45, 2.75) is 0 Å². The molecule has 0 saturated heterocycles. The highest BCUT2D eigenvalue weighted by Crippen LogP contribution is 2.46. The Morgan fingerprint density at radius 1 is 0.288 bits per heavy atom. The van der Waals surface area contributed by atoms with E-state index in [1.807, 2.05) is 12.4 Å². The Kier molecular flexibility index (Phi) is 7.57. The molecule has 0 unspecified atom stereocenters. The van der Waals surface area contributed by atoms with Crippen LogP contribution in [-0.2, 0) is 0 Å². The van der Waals surface area contributed by atoms with Gasteiger partial charge in [0.05, 0.1) is 11.0 Å². The van der Waals surface area contributed by atoms with Crippen molar-refractivity contribution in [3.8, 4) is 50.2 Å². The lowest BCUT2D eigenvalue weighted by Gasteiger charge is -2.19.